The molecule has 0 rings (SSSR count). The monoisotopic (exact) mass is 236 g/mol. The molecule has 0 radical (unpaired) electrons. The number of alkyl halides is 1. The van der Waals surface area contributed by atoms with Crippen molar-refractivity contribution in [2.24, 2.45) is 0 Å². The van der Waals surface area contributed by atoms with E-state index in [4.69, 9.17) is 24.4 Å². The van der Waals surface area contributed by atoms with Crippen LogP contribution in [0.3, 0.4) is 0 Å². The minimum absolute atomic E-state index is 0.303. The van der Waals surface area contributed by atoms with Gasteiger partial charge in [-0.3, -0.25) is 0 Å². The summed E-state index contributed by atoms with van der Waals surface area (Å²) in [7, 11) is -4.64. The van der Waals surface area contributed by atoms with Crippen LogP contribution in [0.5, 0.6) is 0 Å². The van der Waals surface area contributed by atoms with Crippen LogP contribution >= 0.6 is 23.8 Å². The van der Waals surface area contributed by atoms with Gasteiger partial charge in [0.05, 0.1) is 0 Å². The summed E-state index contributed by atoms with van der Waals surface area (Å²) in [6.45, 7) is 1.90. The lowest BCUT2D eigenvalue weighted by Crippen LogP contribution is -1.87. The van der Waals surface area contributed by atoms with Gasteiger partial charge in [-0.25, -0.2) is 4.57 Å². The summed E-state index contributed by atoms with van der Waals surface area (Å²) in [5.41, 5.74) is 0. The van der Waals surface area contributed by atoms with Gasteiger partial charge in [0.15, 0.2) is 0 Å². The van der Waals surface area contributed by atoms with Crippen molar-refractivity contribution in [3.05, 3.63) is 0 Å². The number of hydrogen-bond acceptors (Lipinski definition) is 2. The van der Waals surface area contributed by atoms with Crippen molar-refractivity contribution in [3.8, 4) is 0 Å². The highest BCUT2D eigenvalue weighted by atomic mass is 79.9. The molecule has 0 aromatic carbocycles. The van der Waals surface area contributed by atoms with Gasteiger partial charge in [-0.15, -0.1) is 0 Å². The third-order valence-corrected chi connectivity index (χ3v) is 0.984. The fourth-order valence-corrected chi connectivity index (χ4v) is 0. The molecule has 4 N–H and O–H groups in total. The zero-order chi connectivity index (χ0) is 8.78. The zero-order valence-electron chi connectivity index (χ0n) is 5.31. The first-order chi connectivity index (χ1) is 4.27. The minimum atomic E-state index is -4.64. The number of aliphatic hydroxyl groups is 1. The summed E-state index contributed by atoms with van der Waals surface area (Å²) in [6, 6.07) is 0. The lowest BCUT2D eigenvalue weighted by atomic mass is 10.5. The molecule has 0 aliphatic heterocycles. The Hall–Kier alpha value is 0.550. The molecule has 64 valence electrons. The maximum atomic E-state index is 8.88. The fraction of sp³-hybridized carbons (Fsp3) is 1.00. The Bertz CT molecular complexity index is 101. The van der Waals surface area contributed by atoms with E-state index < -0.39 is 7.82 Å². The van der Waals surface area contributed by atoms with Crippen molar-refractivity contribution < 1.29 is 24.4 Å². The summed E-state index contributed by atoms with van der Waals surface area (Å²) >= 11 is 2.93. The van der Waals surface area contributed by atoms with Gasteiger partial charge in [0.2, 0.25) is 0 Å². The van der Waals surface area contributed by atoms with Crippen molar-refractivity contribution in [2.75, 3.05) is 0 Å². The van der Waals surface area contributed by atoms with Crippen molar-refractivity contribution in [3.63, 3.8) is 0 Å². The third kappa shape index (κ3) is 75.0. The summed E-state index contributed by atoms with van der Waals surface area (Å²) < 4.78 is 8.88. The fourth-order valence-electron chi connectivity index (χ4n) is 0. The molecule has 5 nitrogen and oxygen atoms in total. The highest BCUT2D eigenvalue weighted by molar-refractivity contribution is 9.09. The predicted octanol–water partition coefficient (Wildman–Crippen LogP) is 0.181. The van der Waals surface area contributed by atoms with Crippen LogP contribution in [0.2, 0.25) is 0 Å². The Kier molecular flexibility index (Phi) is 8.26. The Morgan fingerprint density at radius 3 is 1.60 bits per heavy atom. The molecule has 7 heteroatoms. The Balaban J connectivity index is 0. The Morgan fingerprint density at radius 2 is 1.60 bits per heavy atom. The van der Waals surface area contributed by atoms with Gasteiger partial charge in [0.25, 0.3) is 0 Å². The van der Waals surface area contributed by atoms with Crippen LogP contribution in [0.25, 0.3) is 0 Å². The first-order valence-corrected chi connectivity index (χ1v) is 4.86. The van der Waals surface area contributed by atoms with E-state index in [9.17, 15) is 0 Å². The van der Waals surface area contributed by atoms with Crippen LogP contribution in [-0.4, -0.2) is 24.8 Å². The molecule has 0 aliphatic carbocycles. The maximum absolute atomic E-state index is 8.88. The molecule has 1 atom stereocenters. The largest absolute Gasteiger partial charge is 0.466 e. The smallest absolute Gasteiger partial charge is 0.382 e. The molecule has 0 saturated heterocycles. The standard InChI is InChI=1S/C3H7BrO.H3O4P/c1-2-3(4)5;1-5(2,3)4/h3,5H,2H2,1H3;(H3,1,2,3,4). The van der Waals surface area contributed by atoms with Crippen LogP contribution in [0.1, 0.15) is 13.3 Å². The summed E-state index contributed by atoms with van der Waals surface area (Å²) in [6.07, 6.45) is 0.778. The third-order valence-electron chi connectivity index (χ3n) is 0.337. The molecule has 0 heterocycles. The SMILES string of the molecule is CCC(O)Br.O=P(O)(O)O. The van der Waals surface area contributed by atoms with E-state index in [1.807, 2.05) is 6.92 Å². The molecular formula is C3H10BrO5P. The van der Waals surface area contributed by atoms with Crippen molar-refractivity contribution in [2.45, 2.75) is 18.4 Å². The van der Waals surface area contributed by atoms with Crippen molar-refractivity contribution in [1.29, 1.82) is 0 Å². The van der Waals surface area contributed by atoms with Crippen LogP contribution in [0, 0.1) is 0 Å². The molecule has 0 aromatic heterocycles. The Morgan fingerprint density at radius 1 is 1.50 bits per heavy atom. The highest BCUT2D eigenvalue weighted by Crippen LogP contribution is 2.25. The van der Waals surface area contributed by atoms with E-state index in [2.05, 4.69) is 15.9 Å². The maximum Gasteiger partial charge on any atom is 0.466 e. The lowest BCUT2D eigenvalue weighted by molar-refractivity contribution is 0.266. The Labute approximate surface area is 67.1 Å². The predicted molar refractivity (Wildman–Crippen MR) is 39.5 cm³/mol. The molecule has 0 saturated carbocycles. The van der Waals surface area contributed by atoms with Crippen LogP contribution in [0.4, 0.5) is 0 Å². The van der Waals surface area contributed by atoms with Crippen molar-refractivity contribution >= 4 is 23.8 Å². The van der Waals surface area contributed by atoms with Gasteiger partial charge in [-0.2, -0.15) is 0 Å². The molecule has 0 fully saturated rings. The first-order valence-electron chi connectivity index (χ1n) is 2.37. The van der Waals surface area contributed by atoms with Crippen LogP contribution in [-0.2, 0) is 4.57 Å². The molecular weight excluding hydrogens is 227 g/mol. The molecule has 0 bridgehead atoms. The summed E-state index contributed by atoms with van der Waals surface area (Å²) in [5.74, 6) is 0. The van der Waals surface area contributed by atoms with Crippen LogP contribution < -0.4 is 0 Å². The molecule has 1 unspecified atom stereocenters. The quantitative estimate of drug-likeness (QED) is 0.385. The number of aliphatic hydroxyl groups excluding tert-OH is 1. The summed E-state index contributed by atoms with van der Waals surface area (Å²) in [5, 5.41) is 7.97. The molecule has 0 aliphatic rings. The minimum Gasteiger partial charge on any atom is -0.382 e. The van der Waals surface area contributed by atoms with E-state index in [1.54, 1.807) is 0 Å². The number of halogens is 1. The van der Waals surface area contributed by atoms with Gasteiger partial charge in [-0.05, 0) is 6.42 Å². The van der Waals surface area contributed by atoms with E-state index >= 15 is 0 Å². The zero-order valence-corrected chi connectivity index (χ0v) is 7.79. The van der Waals surface area contributed by atoms with Gasteiger partial charge in [0.1, 0.15) is 5.01 Å². The van der Waals surface area contributed by atoms with E-state index in [0.29, 0.717) is 0 Å². The van der Waals surface area contributed by atoms with E-state index in [-0.39, 0.29) is 5.01 Å². The average molecular weight is 237 g/mol. The second kappa shape index (κ2) is 6.27. The molecule has 0 aromatic rings. The van der Waals surface area contributed by atoms with E-state index in [0.717, 1.165) is 6.42 Å². The van der Waals surface area contributed by atoms with Gasteiger partial charge in [-0.1, -0.05) is 22.9 Å². The summed E-state index contributed by atoms with van der Waals surface area (Å²) in [4.78, 5) is 21.6. The molecule has 10 heavy (non-hydrogen) atoms. The average Bonchev–Trinajstić information content (AvgIpc) is 1.61. The van der Waals surface area contributed by atoms with Crippen LogP contribution in [0.15, 0.2) is 0 Å². The van der Waals surface area contributed by atoms with Crippen molar-refractivity contribution in [1.82, 2.24) is 0 Å². The normalized spacial score (nSPS) is 13.4. The first kappa shape index (κ1) is 13.2. The molecule has 0 spiro atoms. The highest BCUT2D eigenvalue weighted by Gasteiger charge is 2.00. The van der Waals surface area contributed by atoms with Gasteiger partial charge in [0, 0.05) is 0 Å². The number of phosphoric acid groups is 1. The number of rotatable bonds is 1. The number of hydrogen-bond donors (Lipinski definition) is 4. The second-order valence-electron chi connectivity index (χ2n) is 1.36. The van der Waals surface area contributed by atoms with Gasteiger partial charge < -0.3 is 19.8 Å². The topological polar surface area (TPSA) is 98.0 Å². The molecule has 0 amide bonds. The van der Waals surface area contributed by atoms with Gasteiger partial charge >= 0.3 is 7.82 Å². The van der Waals surface area contributed by atoms with E-state index in [1.165, 1.54) is 0 Å². The second-order valence-corrected chi connectivity index (χ2v) is 3.44. The lowest BCUT2D eigenvalue weighted by Gasteiger charge is -1.88.